The van der Waals surface area contributed by atoms with E-state index in [9.17, 15) is 12.6 Å². The molecule has 0 spiro atoms. The number of sulfonamides is 1. The van der Waals surface area contributed by atoms with Crippen LogP contribution in [0.2, 0.25) is 0 Å². The van der Waals surface area contributed by atoms with Gasteiger partial charge in [-0.3, -0.25) is 4.21 Å². The van der Waals surface area contributed by atoms with E-state index in [-0.39, 0.29) is 11.4 Å². The first-order valence-electron chi connectivity index (χ1n) is 5.62. The summed E-state index contributed by atoms with van der Waals surface area (Å²) in [6.45, 7) is 2.00. The van der Waals surface area contributed by atoms with Gasteiger partial charge in [0, 0.05) is 41.6 Å². The van der Waals surface area contributed by atoms with Crippen molar-refractivity contribution < 1.29 is 12.6 Å². The SMILES string of the molecule is CCS(=O)CCNS(=O)(=O)c1ccc(NC)cc1. The fourth-order valence-corrected chi connectivity index (χ4v) is 3.10. The number of hydrogen-bond donors (Lipinski definition) is 2. The summed E-state index contributed by atoms with van der Waals surface area (Å²) in [5.41, 5.74) is 0.848. The summed E-state index contributed by atoms with van der Waals surface area (Å²) in [7, 11) is -2.70. The van der Waals surface area contributed by atoms with Crippen molar-refractivity contribution in [1.29, 1.82) is 0 Å². The van der Waals surface area contributed by atoms with Crippen molar-refractivity contribution in [1.82, 2.24) is 4.72 Å². The van der Waals surface area contributed by atoms with Gasteiger partial charge in [-0.25, -0.2) is 13.1 Å². The van der Waals surface area contributed by atoms with E-state index < -0.39 is 20.8 Å². The average molecular weight is 290 g/mol. The number of nitrogens with one attached hydrogen (secondary N) is 2. The van der Waals surface area contributed by atoms with E-state index in [2.05, 4.69) is 10.0 Å². The van der Waals surface area contributed by atoms with Crippen LogP contribution in [0.4, 0.5) is 5.69 Å². The van der Waals surface area contributed by atoms with E-state index in [0.717, 1.165) is 5.69 Å². The van der Waals surface area contributed by atoms with Crippen LogP contribution in [0.25, 0.3) is 0 Å². The minimum atomic E-state index is -3.50. The Kier molecular flexibility index (Phi) is 5.77. The van der Waals surface area contributed by atoms with E-state index in [1.165, 1.54) is 12.1 Å². The third-order valence-electron chi connectivity index (χ3n) is 2.40. The van der Waals surface area contributed by atoms with E-state index in [1.54, 1.807) is 26.1 Å². The summed E-state index contributed by atoms with van der Waals surface area (Å²) in [5.74, 6) is 0.878. The van der Waals surface area contributed by atoms with Crippen molar-refractivity contribution >= 4 is 26.5 Å². The molecule has 0 saturated heterocycles. The van der Waals surface area contributed by atoms with Crippen molar-refractivity contribution in [2.24, 2.45) is 0 Å². The number of anilines is 1. The smallest absolute Gasteiger partial charge is 0.240 e. The topological polar surface area (TPSA) is 75.3 Å². The third kappa shape index (κ3) is 4.40. The molecule has 18 heavy (non-hydrogen) atoms. The Morgan fingerprint density at radius 3 is 2.33 bits per heavy atom. The van der Waals surface area contributed by atoms with Gasteiger partial charge in [0.15, 0.2) is 0 Å². The van der Waals surface area contributed by atoms with Crippen LogP contribution in [0.3, 0.4) is 0 Å². The van der Waals surface area contributed by atoms with Gasteiger partial charge in [-0.1, -0.05) is 6.92 Å². The second-order valence-corrected chi connectivity index (χ2v) is 7.24. The maximum atomic E-state index is 11.9. The molecule has 102 valence electrons. The molecule has 1 aromatic carbocycles. The predicted octanol–water partition coefficient (Wildman–Crippen LogP) is 0.775. The predicted molar refractivity (Wildman–Crippen MR) is 74.7 cm³/mol. The Bertz CT molecular complexity index is 498. The van der Waals surface area contributed by atoms with E-state index in [4.69, 9.17) is 0 Å². The summed E-state index contributed by atoms with van der Waals surface area (Å²) in [6, 6.07) is 6.45. The van der Waals surface area contributed by atoms with Crippen LogP contribution in [-0.2, 0) is 20.8 Å². The first-order chi connectivity index (χ1) is 8.49. The highest BCUT2D eigenvalue weighted by atomic mass is 32.2. The van der Waals surface area contributed by atoms with Gasteiger partial charge in [0.25, 0.3) is 0 Å². The number of rotatable bonds is 7. The van der Waals surface area contributed by atoms with Gasteiger partial charge in [-0.2, -0.15) is 0 Å². The lowest BCUT2D eigenvalue weighted by atomic mass is 10.3. The van der Waals surface area contributed by atoms with Crippen molar-refractivity contribution in [3.05, 3.63) is 24.3 Å². The molecule has 0 fully saturated rings. The Labute approximate surface area is 110 Å². The van der Waals surface area contributed by atoms with Gasteiger partial charge in [0.2, 0.25) is 10.0 Å². The van der Waals surface area contributed by atoms with Gasteiger partial charge in [-0.15, -0.1) is 0 Å². The number of benzene rings is 1. The highest BCUT2D eigenvalue weighted by Gasteiger charge is 2.13. The van der Waals surface area contributed by atoms with Crippen LogP contribution in [0.5, 0.6) is 0 Å². The summed E-state index contributed by atoms with van der Waals surface area (Å²) in [4.78, 5) is 0.212. The molecule has 7 heteroatoms. The molecule has 0 bridgehead atoms. The summed E-state index contributed by atoms with van der Waals surface area (Å²) in [5, 5.41) is 2.92. The quantitative estimate of drug-likeness (QED) is 0.778. The lowest BCUT2D eigenvalue weighted by Crippen LogP contribution is -2.28. The minimum absolute atomic E-state index is 0.191. The largest absolute Gasteiger partial charge is 0.388 e. The molecule has 0 aromatic heterocycles. The molecule has 1 rings (SSSR count). The first kappa shape index (κ1) is 15.1. The molecule has 1 aromatic rings. The van der Waals surface area contributed by atoms with Crippen LogP contribution in [0.1, 0.15) is 6.92 Å². The summed E-state index contributed by atoms with van der Waals surface area (Å²) in [6.07, 6.45) is 0. The van der Waals surface area contributed by atoms with Crippen LogP contribution in [-0.4, -0.2) is 37.7 Å². The lowest BCUT2D eigenvalue weighted by Gasteiger charge is -2.07. The molecular weight excluding hydrogens is 272 g/mol. The summed E-state index contributed by atoms with van der Waals surface area (Å²) < 4.78 is 37.4. The maximum Gasteiger partial charge on any atom is 0.240 e. The van der Waals surface area contributed by atoms with Gasteiger partial charge < -0.3 is 5.32 Å². The second-order valence-electron chi connectivity index (χ2n) is 3.60. The normalized spacial score (nSPS) is 13.2. The van der Waals surface area contributed by atoms with Crippen molar-refractivity contribution in [2.45, 2.75) is 11.8 Å². The monoisotopic (exact) mass is 290 g/mol. The van der Waals surface area contributed by atoms with Crippen molar-refractivity contribution in [3.8, 4) is 0 Å². The van der Waals surface area contributed by atoms with Crippen molar-refractivity contribution in [2.75, 3.05) is 30.4 Å². The molecule has 0 radical (unpaired) electrons. The Morgan fingerprint density at radius 1 is 1.22 bits per heavy atom. The average Bonchev–Trinajstić information content (AvgIpc) is 2.38. The van der Waals surface area contributed by atoms with Crippen LogP contribution in [0.15, 0.2) is 29.2 Å². The van der Waals surface area contributed by atoms with Crippen LogP contribution >= 0.6 is 0 Å². The third-order valence-corrected chi connectivity index (χ3v) is 5.18. The molecular formula is C11H18N2O3S2. The first-order valence-corrected chi connectivity index (χ1v) is 8.59. The zero-order chi connectivity index (χ0) is 13.6. The zero-order valence-electron chi connectivity index (χ0n) is 10.5. The maximum absolute atomic E-state index is 11.9. The Balaban J connectivity index is 2.65. The summed E-state index contributed by atoms with van der Waals surface area (Å²) >= 11 is 0. The number of hydrogen-bond acceptors (Lipinski definition) is 4. The molecule has 0 saturated carbocycles. The van der Waals surface area contributed by atoms with E-state index in [0.29, 0.717) is 11.5 Å². The molecule has 0 aliphatic heterocycles. The standard InChI is InChI=1S/C11H18N2O3S2/c1-3-17(14)9-8-13-18(15,16)11-6-4-10(12-2)5-7-11/h4-7,12-13H,3,8-9H2,1-2H3. The van der Waals surface area contributed by atoms with Crippen LogP contribution in [0, 0.1) is 0 Å². The Hall–Kier alpha value is -0.920. The van der Waals surface area contributed by atoms with Gasteiger partial charge in [0.1, 0.15) is 0 Å². The molecule has 2 N–H and O–H groups in total. The minimum Gasteiger partial charge on any atom is -0.388 e. The molecule has 0 aliphatic carbocycles. The second kappa shape index (κ2) is 6.86. The highest BCUT2D eigenvalue weighted by Crippen LogP contribution is 2.12. The molecule has 1 unspecified atom stereocenters. The van der Waals surface area contributed by atoms with E-state index in [1.807, 2.05) is 0 Å². The fraction of sp³-hybridized carbons (Fsp3) is 0.455. The zero-order valence-corrected chi connectivity index (χ0v) is 12.1. The van der Waals surface area contributed by atoms with Gasteiger partial charge >= 0.3 is 0 Å². The van der Waals surface area contributed by atoms with Crippen molar-refractivity contribution in [3.63, 3.8) is 0 Å². The van der Waals surface area contributed by atoms with Gasteiger partial charge in [0.05, 0.1) is 4.90 Å². The van der Waals surface area contributed by atoms with Gasteiger partial charge in [-0.05, 0) is 24.3 Å². The lowest BCUT2D eigenvalue weighted by molar-refractivity contribution is 0.584. The highest BCUT2D eigenvalue weighted by molar-refractivity contribution is 7.89. The molecule has 0 amide bonds. The molecule has 0 heterocycles. The van der Waals surface area contributed by atoms with Crippen LogP contribution < -0.4 is 10.0 Å². The van der Waals surface area contributed by atoms with E-state index >= 15 is 0 Å². The fourth-order valence-electron chi connectivity index (χ4n) is 1.32. The molecule has 1 atom stereocenters. The molecule has 5 nitrogen and oxygen atoms in total. The Morgan fingerprint density at radius 2 is 1.83 bits per heavy atom. The molecule has 0 aliphatic rings.